The molecule has 0 radical (unpaired) electrons. The first-order valence-corrected chi connectivity index (χ1v) is 8.49. The lowest BCUT2D eigenvalue weighted by Crippen LogP contribution is -2.56. The summed E-state index contributed by atoms with van der Waals surface area (Å²) in [4.78, 5) is 27.9. The van der Waals surface area contributed by atoms with Crippen LogP contribution in [0.4, 0.5) is 0 Å². The van der Waals surface area contributed by atoms with Gasteiger partial charge in [-0.1, -0.05) is 0 Å². The first-order valence-electron chi connectivity index (χ1n) is 7.54. The highest BCUT2D eigenvalue weighted by Crippen LogP contribution is 2.25. The molecule has 6 nitrogen and oxygen atoms in total. The fourth-order valence-electron chi connectivity index (χ4n) is 3.25. The van der Waals surface area contributed by atoms with Crippen molar-refractivity contribution in [2.45, 2.75) is 24.9 Å². The smallest absolute Gasteiger partial charge is 0.326 e. The van der Waals surface area contributed by atoms with E-state index in [4.69, 9.17) is 4.74 Å². The molecule has 2 aliphatic rings. The van der Waals surface area contributed by atoms with E-state index in [1.54, 1.807) is 11.4 Å². The van der Waals surface area contributed by atoms with Crippen LogP contribution in [0.2, 0.25) is 0 Å². The normalized spacial score (nSPS) is 26.8. The number of ether oxygens (including phenoxy) is 1. The lowest BCUT2D eigenvalue weighted by molar-refractivity contribution is -0.144. The fourth-order valence-corrected chi connectivity index (χ4v) is 3.88. The molecule has 0 unspecified atom stereocenters. The molecular formula is C15H20N2O4S. The summed E-state index contributed by atoms with van der Waals surface area (Å²) in [7, 11) is 0. The molecule has 2 aliphatic heterocycles. The van der Waals surface area contributed by atoms with Gasteiger partial charge < -0.3 is 14.7 Å². The monoisotopic (exact) mass is 324 g/mol. The maximum atomic E-state index is 12.5. The van der Waals surface area contributed by atoms with Crippen LogP contribution < -0.4 is 0 Å². The van der Waals surface area contributed by atoms with Gasteiger partial charge in [-0.15, -0.1) is 0 Å². The van der Waals surface area contributed by atoms with Crippen molar-refractivity contribution in [3.05, 3.63) is 22.4 Å². The quantitative estimate of drug-likeness (QED) is 0.903. The number of nitrogens with zero attached hydrogens (tertiary/aromatic N) is 2. The van der Waals surface area contributed by atoms with Gasteiger partial charge in [0.15, 0.2) is 0 Å². The molecule has 0 spiro atoms. The topological polar surface area (TPSA) is 70.1 Å². The highest BCUT2D eigenvalue weighted by molar-refractivity contribution is 7.08. The minimum atomic E-state index is -0.915. The number of carboxylic acids is 1. The number of morpholine rings is 1. The Balaban J connectivity index is 1.71. The van der Waals surface area contributed by atoms with Crippen LogP contribution in [-0.4, -0.2) is 71.7 Å². The van der Waals surface area contributed by atoms with Gasteiger partial charge >= 0.3 is 5.97 Å². The molecule has 2 atom stereocenters. The maximum absolute atomic E-state index is 12.5. The van der Waals surface area contributed by atoms with Crippen LogP contribution >= 0.6 is 11.3 Å². The van der Waals surface area contributed by atoms with Crippen molar-refractivity contribution in [1.82, 2.24) is 9.80 Å². The molecule has 1 N–H and O–H groups in total. The zero-order valence-corrected chi connectivity index (χ0v) is 13.1. The molecule has 0 bridgehead atoms. The molecule has 1 aromatic rings. The summed E-state index contributed by atoms with van der Waals surface area (Å²) in [5, 5.41) is 13.1. The van der Waals surface area contributed by atoms with Crippen LogP contribution in [0.1, 0.15) is 23.2 Å². The molecule has 0 aromatic carbocycles. The molecule has 22 heavy (non-hydrogen) atoms. The van der Waals surface area contributed by atoms with Gasteiger partial charge in [0.05, 0.1) is 18.8 Å². The van der Waals surface area contributed by atoms with Gasteiger partial charge in [0.25, 0.3) is 5.91 Å². The van der Waals surface area contributed by atoms with E-state index >= 15 is 0 Å². The van der Waals surface area contributed by atoms with Crippen LogP contribution in [-0.2, 0) is 9.53 Å². The van der Waals surface area contributed by atoms with Crippen LogP contribution in [0, 0.1) is 0 Å². The number of amides is 1. The third kappa shape index (κ3) is 3.16. The number of hydrogen-bond acceptors (Lipinski definition) is 5. The van der Waals surface area contributed by atoms with Crippen LogP contribution in [0.3, 0.4) is 0 Å². The number of carbonyl (C=O) groups excluding carboxylic acids is 1. The minimum absolute atomic E-state index is 0.172. The second-order valence-corrected chi connectivity index (χ2v) is 6.47. The number of carbonyl (C=O) groups is 2. The Hall–Kier alpha value is -1.44. The minimum Gasteiger partial charge on any atom is -0.480 e. The predicted octanol–water partition coefficient (Wildman–Crippen LogP) is 1.14. The Morgan fingerprint density at radius 1 is 1.27 bits per heavy atom. The lowest BCUT2D eigenvalue weighted by atomic mass is 9.94. The molecule has 2 fully saturated rings. The van der Waals surface area contributed by atoms with Gasteiger partial charge in [0.1, 0.15) is 6.04 Å². The van der Waals surface area contributed by atoms with Crippen molar-refractivity contribution in [3.8, 4) is 0 Å². The van der Waals surface area contributed by atoms with E-state index in [1.165, 1.54) is 16.2 Å². The van der Waals surface area contributed by atoms with Crippen LogP contribution in [0.15, 0.2) is 16.8 Å². The first kappa shape index (κ1) is 15.5. The zero-order valence-electron chi connectivity index (χ0n) is 12.3. The molecule has 7 heteroatoms. The van der Waals surface area contributed by atoms with Crippen molar-refractivity contribution in [2.24, 2.45) is 0 Å². The zero-order chi connectivity index (χ0) is 15.5. The summed E-state index contributed by atoms with van der Waals surface area (Å²) >= 11 is 1.45. The van der Waals surface area contributed by atoms with Gasteiger partial charge in [0, 0.05) is 31.1 Å². The van der Waals surface area contributed by atoms with E-state index in [0.717, 1.165) is 19.5 Å². The van der Waals surface area contributed by atoms with Gasteiger partial charge in [-0.3, -0.25) is 9.69 Å². The Bertz CT molecular complexity index is 528. The van der Waals surface area contributed by atoms with E-state index in [0.29, 0.717) is 31.7 Å². The molecule has 1 aromatic heterocycles. The van der Waals surface area contributed by atoms with Crippen molar-refractivity contribution in [1.29, 1.82) is 0 Å². The van der Waals surface area contributed by atoms with Gasteiger partial charge in [0.2, 0.25) is 0 Å². The summed E-state index contributed by atoms with van der Waals surface area (Å²) in [6.07, 6.45) is 1.31. The number of rotatable bonds is 3. The van der Waals surface area contributed by atoms with Gasteiger partial charge in [-0.2, -0.15) is 11.3 Å². The van der Waals surface area contributed by atoms with E-state index < -0.39 is 12.0 Å². The molecular weight excluding hydrogens is 304 g/mol. The number of aliphatic carboxylic acids is 1. The van der Waals surface area contributed by atoms with Crippen molar-refractivity contribution in [2.75, 3.05) is 32.8 Å². The van der Waals surface area contributed by atoms with Crippen molar-refractivity contribution >= 4 is 23.2 Å². The molecule has 120 valence electrons. The molecule has 0 aliphatic carbocycles. The number of thiophene rings is 1. The second kappa shape index (κ2) is 6.76. The van der Waals surface area contributed by atoms with E-state index in [9.17, 15) is 14.7 Å². The molecule has 3 rings (SSSR count). The first-order chi connectivity index (χ1) is 10.7. The number of likely N-dealkylation sites (tertiary alicyclic amines) is 1. The Kier molecular flexibility index (Phi) is 4.75. The average molecular weight is 324 g/mol. The summed E-state index contributed by atoms with van der Waals surface area (Å²) in [5.41, 5.74) is 0.584. The summed E-state index contributed by atoms with van der Waals surface area (Å²) in [5.74, 6) is -1.09. The SMILES string of the molecule is O=C(O)[C@H]1C[C@@H](N2CCOCC2)CCN1C(=O)c1ccsc1. The van der Waals surface area contributed by atoms with Gasteiger partial charge in [-0.05, 0) is 24.3 Å². The summed E-state index contributed by atoms with van der Waals surface area (Å²) in [6.45, 7) is 3.58. The number of piperidine rings is 1. The van der Waals surface area contributed by atoms with E-state index in [1.807, 2.05) is 5.38 Å². The Morgan fingerprint density at radius 3 is 2.68 bits per heavy atom. The Morgan fingerprint density at radius 2 is 2.05 bits per heavy atom. The van der Waals surface area contributed by atoms with Crippen LogP contribution in [0.5, 0.6) is 0 Å². The number of carboxylic acid groups (broad SMARTS) is 1. The van der Waals surface area contributed by atoms with Crippen molar-refractivity contribution < 1.29 is 19.4 Å². The molecule has 3 heterocycles. The second-order valence-electron chi connectivity index (χ2n) is 5.69. The number of hydrogen-bond donors (Lipinski definition) is 1. The fraction of sp³-hybridized carbons (Fsp3) is 0.600. The highest BCUT2D eigenvalue weighted by Gasteiger charge is 2.38. The standard InChI is InChI=1S/C15H20N2O4S/c18-14(11-2-8-22-10-11)17-3-1-12(9-13(17)15(19)20)16-4-6-21-7-5-16/h2,8,10,12-13H,1,3-7,9H2,(H,19,20)/t12-,13+/m0/s1. The predicted molar refractivity (Wildman–Crippen MR) is 82.2 cm³/mol. The molecule has 1 amide bonds. The Labute approximate surface area is 133 Å². The van der Waals surface area contributed by atoms with E-state index in [2.05, 4.69) is 4.90 Å². The third-order valence-corrected chi connectivity index (χ3v) is 5.13. The maximum Gasteiger partial charge on any atom is 0.326 e. The largest absolute Gasteiger partial charge is 0.480 e. The van der Waals surface area contributed by atoms with Crippen LogP contribution in [0.25, 0.3) is 0 Å². The molecule has 0 saturated carbocycles. The highest BCUT2D eigenvalue weighted by atomic mass is 32.1. The lowest BCUT2D eigenvalue weighted by Gasteiger charge is -2.42. The third-order valence-electron chi connectivity index (χ3n) is 4.45. The average Bonchev–Trinajstić information content (AvgIpc) is 3.09. The molecule has 2 saturated heterocycles. The van der Waals surface area contributed by atoms with E-state index in [-0.39, 0.29) is 11.9 Å². The summed E-state index contributed by atoms with van der Waals surface area (Å²) < 4.78 is 5.35. The van der Waals surface area contributed by atoms with Crippen molar-refractivity contribution in [3.63, 3.8) is 0 Å². The summed E-state index contributed by atoms with van der Waals surface area (Å²) in [6, 6.07) is 1.23. The van der Waals surface area contributed by atoms with Gasteiger partial charge in [-0.25, -0.2) is 4.79 Å².